The lowest BCUT2D eigenvalue weighted by atomic mass is 10.1. The molecular formula is C18H14N6O. The summed E-state index contributed by atoms with van der Waals surface area (Å²) < 4.78 is 0. The van der Waals surface area contributed by atoms with Crippen LogP contribution >= 0.6 is 0 Å². The van der Waals surface area contributed by atoms with Crippen LogP contribution in [0.1, 0.15) is 21.7 Å². The molecule has 2 heterocycles. The minimum absolute atomic E-state index is 0.246. The zero-order valence-corrected chi connectivity index (χ0v) is 13.2. The summed E-state index contributed by atoms with van der Waals surface area (Å²) >= 11 is 0. The van der Waals surface area contributed by atoms with Crippen molar-refractivity contribution in [1.82, 2.24) is 25.1 Å². The summed E-state index contributed by atoms with van der Waals surface area (Å²) in [5, 5.41) is 9.58. The number of H-pyrrole nitrogens is 1. The van der Waals surface area contributed by atoms with Crippen LogP contribution < -0.4 is 5.32 Å². The molecule has 0 aliphatic rings. The number of carbonyl (C=O) groups is 1. The van der Waals surface area contributed by atoms with Gasteiger partial charge in [0.15, 0.2) is 0 Å². The largest absolute Gasteiger partial charge is 0.289 e. The number of aromatic amines is 1. The molecule has 7 heteroatoms. The molecule has 0 atom stereocenters. The first-order valence-corrected chi connectivity index (χ1v) is 7.75. The van der Waals surface area contributed by atoms with Gasteiger partial charge in [0.1, 0.15) is 5.82 Å². The average molecular weight is 330 g/mol. The van der Waals surface area contributed by atoms with Gasteiger partial charge < -0.3 is 0 Å². The Morgan fingerprint density at radius 1 is 1.00 bits per heavy atom. The molecule has 0 saturated heterocycles. The molecule has 0 unspecified atom stereocenters. The maximum atomic E-state index is 12.4. The Labute approximate surface area is 143 Å². The van der Waals surface area contributed by atoms with E-state index in [0.29, 0.717) is 23.3 Å². The van der Waals surface area contributed by atoms with Crippen molar-refractivity contribution in [1.29, 1.82) is 0 Å². The van der Waals surface area contributed by atoms with E-state index < -0.39 is 0 Å². The van der Waals surface area contributed by atoms with Gasteiger partial charge in [0, 0.05) is 24.4 Å². The van der Waals surface area contributed by atoms with Gasteiger partial charge in [-0.15, -0.1) is 5.10 Å². The quantitative estimate of drug-likeness (QED) is 0.599. The van der Waals surface area contributed by atoms with Crippen LogP contribution in [0.4, 0.5) is 5.95 Å². The van der Waals surface area contributed by atoms with E-state index in [2.05, 4.69) is 30.5 Å². The predicted molar refractivity (Wildman–Crippen MR) is 93.1 cm³/mol. The van der Waals surface area contributed by atoms with Crippen LogP contribution in [0.5, 0.6) is 0 Å². The SMILES string of the molecule is O=C(Nc1n[nH]c(Cc2ccccc2)n1)c1ccc2nccnc2c1. The number of amides is 1. The highest BCUT2D eigenvalue weighted by atomic mass is 16.1. The third-order valence-corrected chi connectivity index (χ3v) is 3.70. The molecule has 0 aliphatic carbocycles. The summed E-state index contributed by atoms with van der Waals surface area (Å²) in [6.45, 7) is 0. The molecule has 2 aromatic heterocycles. The summed E-state index contributed by atoms with van der Waals surface area (Å²) in [4.78, 5) is 25.1. The zero-order valence-electron chi connectivity index (χ0n) is 13.2. The Hall–Kier alpha value is -3.61. The van der Waals surface area contributed by atoms with Gasteiger partial charge in [-0.3, -0.25) is 25.2 Å². The number of hydrogen-bond acceptors (Lipinski definition) is 5. The van der Waals surface area contributed by atoms with Gasteiger partial charge in [-0.2, -0.15) is 4.98 Å². The van der Waals surface area contributed by atoms with Gasteiger partial charge in [-0.1, -0.05) is 30.3 Å². The first-order chi connectivity index (χ1) is 12.3. The molecule has 0 fully saturated rings. The Morgan fingerprint density at radius 3 is 2.64 bits per heavy atom. The fraction of sp³-hybridized carbons (Fsp3) is 0.0556. The van der Waals surface area contributed by atoms with Gasteiger partial charge in [0.05, 0.1) is 11.0 Å². The van der Waals surface area contributed by atoms with Crippen molar-refractivity contribution < 1.29 is 4.79 Å². The molecule has 0 bridgehead atoms. The van der Waals surface area contributed by atoms with Crippen molar-refractivity contribution in [3.63, 3.8) is 0 Å². The topological polar surface area (TPSA) is 96.5 Å². The molecule has 122 valence electrons. The van der Waals surface area contributed by atoms with Gasteiger partial charge in [0.2, 0.25) is 5.95 Å². The molecule has 2 aromatic carbocycles. The minimum atomic E-state index is -0.294. The number of nitrogens with zero attached hydrogens (tertiary/aromatic N) is 4. The standard InChI is InChI=1S/C18H14N6O/c25-17(13-6-7-14-15(11-13)20-9-8-19-14)22-18-21-16(23-24-18)10-12-4-2-1-3-5-12/h1-9,11H,10H2,(H2,21,22,23,24,25). The fourth-order valence-corrected chi connectivity index (χ4v) is 2.50. The van der Waals surface area contributed by atoms with E-state index >= 15 is 0 Å². The van der Waals surface area contributed by atoms with Crippen molar-refractivity contribution in [2.75, 3.05) is 5.32 Å². The minimum Gasteiger partial charge on any atom is -0.289 e. The first-order valence-electron chi connectivity index (χ1n) is 7.75. The van der Waals surface area contributed by atoms with E-state index in [0.717, 1.165) is 11.1 Å². The van der Waals surface area contributed by atoms with Crippen molar-refractivity contribution in [2.45, 2.75) is 6.42 Å². The monoisotopic (exact) mass is 330 g/mol. The van der Waals surface area contributed by atoms with Crippen LogP contribution in [0, 0.1) is 0 Å². The fourth-order valence-electron chi connectivity index (χ4n) is 2.50. The number of nitrogens with one attached hydrogen (secondary N) is 2. The molecule has 0 radical (unpaired) electrons. The molecule has 4 aromatic rings. The summed E-state index contributed by atoms with van der Waals surface area (Å²) in [5.41, 5.74) is 2.99. The predicted octanol–water partition coefficient (Wildman–Crippen LogP) is 2.59. The Balaban J connectivity index is 1.48. The second kappa shape index (κ2) is 6.48. The molecule has 0 spiro atoms. The lowest BCUT2D eigenvalue weighted by molar-refractivity contribution is 0.102. The number of benzene rings is 2. The number of rotatable bonds is 4. The average Bonchev–Trinajstić information content (AvgIpc) is 3.09. The number of anilines is 1. The van der Waals surface area contributed by atoms with E-state index in [1.807, 2.05) is 30.3 Å². The summed E-state index contributed by atoms with van der Waals surface area (Å²) in [6.07, 6.45) is 3.83. The van der Waals surface area contributed by atoms with Gasteiger partial charge >= 0.3 is 0 Å². The first kappa shape index (κ1) is 14.9. The lowest BCUT2D eigenvalue weighted by Gasteiger charge is -2.02. The highest BCUT2D eigenvalue weighted by molar-refractivity contribution is 6.05. The third-order valence-electron chi connectivity index (χ3n) is 3.70. The highest BCUT2D eigenvalue weighted by Gasteiger charge is 2.11. The molecular weight excluding hydrogens is 316 g/mol. The molecule has 7 nitrogen and oxygen atoms in total. The van der Waals surface area contributed by atoms with Crippen molar-refractivity contribution in [2.24, 2.45) is 0 Å². The van der Waals surface area contributed by atoms with Crippen molar-refractivity contribution >= 4 is 22.9 Å². The van der Waals surface area contributed by atoms with Crippen LogP contribution in [-0.2, 0) is 6.42 Å². The van der Waals surface area contributed by atoms with E-state index in [1.165, 1.54) is 0 Å². The Kier molecular flexibility index (Phi) is 3.88. The number of hydrogen-bond donors (Lipinski definition) is 2. The second-order valence-electron chi connectivity index (χ2n) is 5.48. The van der Waals surface area contributed by atoms with Crippen LogP contribution in [0.25, 0.3) is 11.0 Å². The summed E-state index contributed by atoms with van der Waals surface area (Å²) in [6, 6.07) is 15.1. The smallest absolute Gasteiger partial charge is 0.258 e. The molecule has 0 aliphatic heterocycles. The third kappa shape index (κ3) is 3.35. The zero-order chi connectivity index (χ0) is 17.1. The second-order valence-corrected chi connectivity index (χ2v) is 5.48. The van der Waals surface area contributed by atoms with E-state index in [1.54, 1.807) is 30.6 Å². The number of carbonyl (C=O) groups excluding carboxylic acids is 1. The maximum absolute atomic E-state index is 12.4. The molecule has 1 amide bonds. The van der Waals surface area contributed by atoms with Crippen LogP contribution in [0.3, 0.4) is 0 Å². The lowest BCUT2D eigenvalue weighted by Crippen LogP contribution is -2.13. The van der Waals surface area contributed by atoms with Crippen molar-refractivity contribution in [3.05, 3.63) is 77.9 Å². The van der Waals surface area contributed by atoms with Gasteiger partial charge in [-0.25, -0.2) is 0 Å². The Bertz CT molecular complexity index is 1030. The van der Waals surface area contributed by atoms with Gasteiger partial charge in [0.25, 0.3) is 5.91 Å². The van der Waals surface area contributed by atoms with Gasteiger partial charge in [-0.05, 0) is 23.8 Å². The van der Waals surface area contributed by atoms with Crippen LogP contribution in [0.2, 0.25) is 0 Å². The van der Waals surface area contributed by atoms with E-state index in [4.69, 9.17) is 0 Å². The van der Waals surface area contributed by atoms with E-state index in [9.17, 15) is 4.79 Å². The number of fused-ring (bicyclic) bond motifs is 1. The van der Waals surface area contributed by atoms with Crippen LogP contribution in [-0.4, -0.2) is 31.1 Å². The summed E-state index contributed by atoms with van der Waals surface area (Å²) in [5.74, 6) is 0.638. The molecule has 0 saturated carbocycles. The molecule has 4 rings (SSSR count). The highest BCUT2D eigenvalue weighted by Crippen LogP contribution is 2.13. The maximum Gasteiger partial charge on any atom is 0.258 e. The summed E-state index contributed by atoms with van der Waals surface area (Å²) in [7, 11) is 0. The van der Waals surface area contributed by atoms with Crippen LogP contribution in [0.15, 0.2) is 60.9 Å². The number of aromatic nitrogens is 5. The normalized spacial score (nSPS) is 10.7. The molecule has 25 heavy (non-hydrogen) atoms. The van der Waals surface area contributed by atoms with E-state index in [-0.39, 0.29) is 11.9 Å². The Morgan fingerprint density at radius 2 is 1.80 bits per heavy atom. The van der Waals surface area contributed by atoms with Crippen molar-refractivity contribution in [3.8, 4) is 0 Å². The molecule has 2 N–H and O–H groups in total.